The van der Waals surface area contributed by atoms with Crippen molar-refractivity contribution >= 4 is 0 Å². The van der Waals surface area contributed by atoms with E-state index in [9.17, 15) is 4.39 Å². The molecule has 0 spiro atoms. The first-order valence-electron chi connectivity index (χ1n) is 6.46. The summed E-state index contributed by atoms with van der Waals surface area (Å²) in [7, 11) is 0. The van der Waals surface area contributed by atoms with Crippen molar-refractivity contribution in [3.63, 3.8) is 0 Å². The Balaban J connectivity index is 1.92. The highest BCUT2D eigenvalue weighted by molar-refractivity contribution is 5.36. The molecule has 2 atom stereocenters. The molecule has 0 bridgehead atoms. The maximum absolute atomic E-state index is 13.2. The minimum Gasteiger partial charge on any atom is -0.493 e. The maximum Gasteiger partial charge on any atom is 0.126 e. The van der Waals surface area contributed by atoms with Crippen molar-refractivity contribution in [3.05, 3.63) is 29.6 Å². The molecule has 3 nitrogen and oxygen atoms in total. The van der Waals surface area contributed by atoms with Gasteiger partial charge in [0, 0.05) is 30.7 Å². The number of nitrogens with two attached hydrogens (primary N) is 1. The highest BCUT2D eigenvalue weighted by Gasteiger charge is 2.16. The molecule has 0 radical (unpaired) electrons. The number of benzene rings is 1. The van der Waals surface area contributed by atoms with Crippen molar-refractivity contribution in [1.82, 2.24) is 0 Å². The smallest absolute Gasteiger partial charge is 0.126 e. The van der Waals surface area contributed by atoms with Gasteiger partial charge in [0.1, 0.15) is 11.6 Å². The summed E-state index contributed by atoms with van der Waals surface area (Å²) in [6, 6.07) is 4.32. The predicted molar refractivity (Wildman–Crippen MR) is 68.1 cm³/mol. The minimum absolute atomic E-state index is 0.164. The summed E-state index contributed by atoms with van der Waals surface area (Å²) in [5.74, 6) is 0.245. The number of hydrogen-bond acceptors (Lipinski definition) is 3. The monoisotopic (exact) mass is 253 g/mol. The lowest BCUT2D eigenvalue weighted by Crippen LogP contribution is -2.13. The van der Waals surface area contributed by atoms with Crippen LogP contribution < -0.4 is 10.5 Å². The van der Waals surface area contributed by atoms with Crippen molar-refractivity contribution in [1.29, 1.82) is 0 Å². The van der Waals surface area contributed by atoms with E-state index in [1.165, 1.54) is 12.1 Å². The van der Waals surface area contributed by atoms with Crippen LogP contribution in [0.15, 0.2) is 18.2 Å². The third kappa shape index (κ3) is 3.43. The zero-order valence-corrected chi connectivity index (χ0v) is 10.7. The van der Waals surface area contributed by atoms with Crippen LogP contribution in [0.1, 0.15) is 37.8 Å². The molecule has 1 unspecified atom stereocenters. The number of ether oxygens (including phenoxy) is 2. The van der Waals surface area contributed by atoms with E-state index in [4.69, 9.17) is 15.2 Å². The van der Waals surface area contributed by atoms with E-state index < -0.39 is 0 Å². The quantitative estimate of drug-likeness (QED) is 0.877. The standard InChI is InChI=1S/C14H20FNO2/c1-10(16)13-5-4-11(15)9-14(13)18-8-6-12-3-2-7-17-12/h4-5,9-10,12H,2-3,6-8,16H2,1H3/t10-,12?/m0/s1. The molecule has 1 aromatic carbocycles. The molecule has 0 aliphatic carbocycles. The molecule has 1 aromatic rings. The summed E-state index contributed by atoms with van der Waals surface area (Å²) in [4.78, 5) is 0. The van der Waals surface area contributed by atoms with Crippen LogP contribution in [0.25, 0.3) is 0 Å². The van der Waals surface area contributed by atoms with E-state index in [0.717, 1.165) is 31.4 Å². The predicted octanol–water partition coefficient (Wildman–Crippen LogP) is 2.79. The van der Waals surface area contributed by atoms with Gasteiger partial charge in [0.15, 0.2) is 0 Å². The van der Waals surface area contributed by atoms with Crippen molar-refractivity contribution in [2.75, 3.05) is 13.2 Å². The van der Waals surface area contributed by atoms with Gasteiger partial charge in [0.2, 0.25) is 0 Å². The lowest BCUT2D eigenvalue weighted by molar-refractivity contribution is 0.0901. The van der Waals surface area contributed by atoms with Crippen molar-refractivity contribution in [3.8, 4) is 5.75 Å². The lowest BCUT2D eigenvalue weighted by atomic mass is 10.1. The van der Waals surface area contributed by atoms with Crippen LogP contribution in [0.2, 0.25) is 0 Å². The number of halogens is 1. The average Bonchev–Trinajstić information content (AvgIpc) is 2.82. The van der Waals surface area contributed by atoms with Gasteiger partial charge in [-0.15, -0.1) is 0 Å². The van der Waals surface area contributed by atoms with Gasteiger partial charge in [-0.3, -0.25) is 0 Å². The van der Waals surface area contributed by atoms with Crippen LogP contribution in [0.5, 0.6) is 5.75 Å². The van der Waals surface area contributed by atoms with E-state index in [2.05, 4.69) is 0 Å². The molecule has 0 saturated carbocycles. The van der Waals surface area contributed by atoms with Crippen LogP contribution in [-0.2, 0) is 4.74 Å². The van der Waals surface area contributed by atoms with Gasteiger partial charge in [-0.05, 0) is 25.8 Å². The molecule has 100 valence electrons. The van der Waals surface area contributed by atoms with E-state index in [-0.39, 0.29) is 18.0 Å². The van der Waals surface area contributed by atoms with Gasteiger partial charge in [-0.25, -0.2) is 4.39 Å². The van der Waals surface area contributed by atoms with Gasteiger partial charge in [-0.2, -0.15) is 0 Å². The molecule has 4 heteroatoms. The van der Waals surface area contributed by atoms with Crippen LogP contribution in [0.3, 0.4) is 0 Å². The van der Waals surface area contributed by atoms with Gasteiger partial charge in [-0.1, -0.05) is 6.07 Å². The fourth-order valence-electron chi connectivity index (χ4n) is 2.18. The van der Waals surface area contributed by atoms with Crippen molar-refractivity contribution in [2.24, 2.45) is 5.73 Å². The molecule has 1 saturated heterocycles. The Morgan fingerprint density at radius 3 is 3.06 bits per heavy atom. The van der Waals surface area contributed by atoms with Gasteiger partial charge in [0.25, 0.3) is 0 Å². The Kier molecular flexibility index (Phi) is 4.55. The SMILES string of the molecule is C[C@H](N)c1ccc(F)cc1OCCC1CCCO1. The van der Waals surface area contributed by atoms with E-state index >= 15 is 0 Å². The first-order valence-corrected chi connectivity index (χ1v) is 6.46. The van der Waals surface area contributed by atoms with E-state index in [1.807, 2.05) is 6.92 Å². The van der Waals surface area contributed by atoms with Crippen LogP contribution in [0.4, 0.5) is 4.39 Å². The Hall–Kier alpha value is -1.13. The third-order valence-electron chi connectivity index (χ3n) is 3.19. The fraction of sp³-hybridized carbons (Fsp3) is 0.571. The Morgan fingerprint density at radius 2 is 2.39 bits per heavy atom. The number of hydrogen-bond donors (Lipinski definition) is 1. The van der Waals surface area contributed by atoms with E-state index in [1.54, 1.807) is 6.07 Å². The molecule has 1 aliphatic heterocycles. The van der Waals surface area contributed by atoms with Crippen LogP contribution in [0, 0.1) is 5.82 Å². The van der Waals surface area contributed by atoms with Crippen LogP contribution >= 0.6 is 0 Å². The first-order chi connectivity index (χ1) is 8.66. The second-order valence-electron chi connectivity index (χ2n) is 4.74. The summed E-state index contributed by atoms with van der Waals surface area (Å²) in [6.45, 7) is 3.24. The number of rotatable bonds is 5. The van der Waals surface area contributed by atoms with Gasteiger partial charge >= 0.3 is 0 Å². The van der Waals surface area contributed by atoms with Gasteiger partial charge < -0.3 is 15.2 Å². The summed E-state index contributed by atoms with van der Waals surface area (Å²) in [5, 5.41) is 0. The molecule has 1 fully saturated rings. The van der Waals surface area contributed by atoms with Crippen molar-refractivity contribution < 1.29 is 13.9 Å². The zero-order chi connectivity index (χ0) is 13.0. The minimum atomic E-state index is -0.300. The molecule has 0 amide bonds. The zero-order valence-electron chi connectivity index (χ0n) is 10.7. The Labute approximate surface area is 107 Å². The summed E-state index contributed by atoms with van der Waals surface area (Å²) >= 11 is 0. The molecular weight excluding hydrogens is 233 g/mol. The van der Waals surface area contributed by atoms with E-state index in [0.29, 0.717) is 12.4 Å². The molecule has 0 aromatic heterocycles. The Bertz CT molecular complexity index is 389. The molecule has 18 heavy (non-hydrogen) atoms. The third-order valence-corrected chi connectivity index (χ3v) is 3.19. The van der Waals surface area contributed by atoms with Crippen molar-refractivity contribution in [2.45, 2.75) is 38.3 Å². The summed E-state index contributed by atoms with van der Waals surface area (Å²) in [6.07, 6.45) is 3.34. The molecule has 2 rings (SSSR count). The van der Waals surface area contributed by atoms with Crippen LogP contribution in [-0.4, -0.2) is 19.3 Å². The highest BCUT2D eigenvalue weighted by Crippen LogP contribution is 2.25. The first kappa shape index (κ1) is 13.3. The maximum atomic E-state index is 13.2. The Morgan fingerprint density at radius 1 is 1.56 bits per heavy atom. The fourth-order valence-corrected chi connectivity index (χ4v) is 2.18. The topological polar surface area (TPSA) is 44.5 Å². The second-order valence-corrected chi connectivity index (χ2v) is 4.74. The van der Waals surface area contributed by atoms with Gasteiger partial charge in [0.05, 0.1) is 12.7 Å². The lowest BCUT2D eigenvalue weighted by Gasteiger charge is -2.15. The largest absolute Gasteiger partial charge is 0.493 e. The molecule has 1 heterocycles. The second kappa shape index (κ2) is 6.16. The molecular formula is C14H20FNO2. The normalized spacial score (nSPS) is 20.9. The average molecular weight is 253 g/mol. The highest BCUT2D eigenvalue weighted by atomic mass is 19.1. The summed E-state index contributed by atoms with van der Waals surface area (Å²) < 4.78 is 24.3. The molecule has 2 N–H and O–H groups in total. The molecule has 1 aliphatic rings. The summed E-state index contributed by atoms with van der Waals surface area (Å²) in [5.41, 5.74) is 6.67.